The van der Waals surface area contributed by atoms with Gasteiger partial charge in [-0.15, -0.1) is 0 Å². The summed E-state index contributed by atoms with van der Waals surface area (Å²) in [6, 6.07) is 20.4. The summed E-state index contributed by atoms with van der Waals surface area (Å²) in [5.74, 6) is -0.553. The van der Waals surface area contributed by atoms with Gasteiger partial charge in [-0.2, -0.15) is 10.2 Å². The first kappa shape index (κ1) is 17.6. The number of carboxylic acids is 1. The summed E-state index contributed by atoms with van der Waals surface area (Å²) in [6.07, 6.45) is 4.70. The lowest BCUT2D eigenvalue weighted by atomic mass is 10.0. The smallest absolute Gasteiger partial charge is 0.337 e. The van der Waals surface area contributed by atoms with Crippen molar-refractivity contribution in [2.75, 3.05) is 0 Å². The summed E-state index contributed by atoms with van der Waals surface area (Å²) in [6.45, 7) is 0.820. The van der Waals surface area contributed by atoms with E-state index in [1.54, 1.807) is 6.07 Å². The number of hydrogen-bond donors (Lipinski definition) is 1. The molecule has 0 spiro atoms. The molecule has 1 aliphatic carbocycles. The first-order valence-electron chi connectivity index (χ1n) is 9.89. The fourth-order valence-corrected chi connectivity index (χ4v) is 3.80. The predicted octanol–water partition coefficient (Wildman–Crippen LogP) is 4.65. The molecule has 29 heavy (non-hydrogen) atoms. The van der Waals surface area contributed by atoms with E-state index in [0.717, 1.165) is 41.5 Å². The van der Waals surface area contributed by atoms with Gasteiger partial charge in [0, 0.05) is 30.6 Å². The summed E-state index contributed by atoms with van der Waals surface area (Å²) < 4.78 is 2.22. The van der Waals surface area contributed by atoms with E-state index in [-0.39, 0.29) is 5.56 Å². The normalized spacial score (nSPS) is 13.7. The number of nitrogens with zero attached hydrogens (tertiary/aromatic N) is 3. The Morgan fingerprint density at radius 2 is 1.83 bits per heavy atom. The Hall–Kier alpha value is -3.47. The van der Waals surface area contributed by atoms with Gasteiger partial charge in [0.1, 0.15) is 0 Å². The molecular formula is C24H21N3O2. The average molecular weight is 383 g/mol. The number of aromatic nitrogens is 3. The number of carboxylic acid groups (broad SMARTS) is 1. The quantitative estimate of drug-likeness (QED) is 0.526. The van der Waals surface area contributed by atoms with Crippen LogP contribution in [0.2, 0.25) is 0 Å². The van der Waals surface area contributed by atoms with Gasteiger partial charge in [0.2, 0.25) is 0 Å². The molecule has 0 radical (unpaired) electrons. The molecule has 2 heterocycles. The Labute approximate surface area is 168 Å². The van der Waals surface area contributed by atoms with Crippen LogP contribution in [0.4, 0.5) is 0 Å². The molecule has 2 aromatic heterocycles. The van der Waals surface area contributed by atoms with E-state index in [1.807, 2.05) is 12.1 Å². The van der Waals surface area contributed by atoms with Crippen molar-refractivity contribution in [1.29, 1.82) is 0 Å². The molecule has 4 aromatic rings. The molecule has 0 unspecified atom stereocenters. The van der Waals surface area contributed by atoms with E-state index in [2.05, 4.69) is 63.4 Å². The van der Waals surface area contributed by atoms with Crippen molar-refractivity contribution in [1.82, 2.24) is 14.8 Å². The molecule has 1 saturated carbocycles. The highest BCUT2D eigenvalue weighted by molar-refractivity contribution is 5.89. The van der Waals surface area contributed by atoms with Crippen LogP contribution in [0.25, 0.3) is 10.9 Å². The summed E-state index contributed by atoms with van der Waals surface area (Å²) in [5.41, 5.74) is 5.04. The predicted molar refractivity (Wildman–Crippen MR) is 111 cm³/mol. The van der Waals surface area contributed by atoms with Gasteiger partial charge in [0.05, 0.1) is 17.0 Å². The summed E-state index contributed by atoms with van der Waals surface area (Å²) in [4.78, 5) is 11.7. The lowest BCUT2D eigenvalue weighted by molar-refractivity contribution is 0.0695. The number of rotatable bonds is 6. The first-order valence-corrected chi connectivity index (χ1v) is 9.89. The summed E-state index contributed by atoms with van der Waals surface area (Å²) >= 11 is 0. The SMILES string of the molecule is O=C(O)c1cc(C2CC2)nnc1Cc1ccc2c(ccn2Cc2ccccc2)c1. The van der Waals surface area contributed by atoms with Gasteiger partial charge >= 0.3 is 5.97 Å². The third-order valence-corrected chi connectivity index (χ3v) is 5.52. The highest BCUT2D eigenvalue weighted by atomic mass is 16.4. The minimum Gasteiger partial charge on any atom is -0.478 e. The van der Waals surface area contributed by atoms with E-state index in [4.69, 9.17) is 0 Å². The average Bonchev–Trinajstić information content (AvgIpc) is 3.51. The van der Waals surface area contributed by atoms with Crippen LogP contribution in [0, 0.1) is 0 Å². The zero-order valence-electron chi connectivity index (χ0n) is 16.0. The number of fused-ring (bicyclic) bond motifs is 1. The van der Waals surface area contributed by atoms with Crippen molar-refractivity contribution in [3.8, 4) is 0 Å². The molecule has 5 rings (SSSR count). The van der Waals surface area contributed by atoms with Crippen LogP contribution in [-0.2, 0) is 13.0 Å². The van der Waals surface area contributed by atoms with Crippen LogP contribution in [0.5, 0.6) is 0 Å². The molecule has 0 bridgehead atoms. The summed E-state index contributed by atoms with van der Waals surface area (Å²) in [7, 11) is 0. The van der Waals surface area contributed by atoms with Gasteiger partial charge < -0.3 is 9.67 Å². The van der Waals surface area contributed by atoms with Crippen LogP contribution >= 0.6 is 0 Å². The third-order valence-electron chi connectivity index (χ3n) is 5.52. The van der Waals surface area contributed by atoms with Gasteiger partial charge in [0.25, 0.3) is 0 Å². The van der Waals surface area contributed by atoms with Crippen LogP contribution in [0.15, 0.2) is 66.9 Å². The fourth-order valence-electron chi connectivity index (χ4n) is 3.80. The van der Waals surface area contributed by atoms with Gasteiger partial charge in [-0.25, -0.2) is 4.79 Å². The topological polar surface area (TPSA) is 68.0 Å². The molecule has 2 aromatic carbocycles. The molecule has 0 amide bonds. The lowest BCUT2D eigenvalue weighted by Gasteiger charge is -2.08. The zero-order valence-corrected chi connectivity index (χ0v) is 16.0. The molecule has 0 saturated heterocycles. The van der Waals surface area contributed by atoms with E-state index < -0.39 is 5.97 Å². The molecule has 5 nitrogen and oxygen atoms in total. The summed E-state index contributed by atoms with van der Waals surface area (Å²) in [5, 5.41) is 19.3. The number of carbonyl (C=O) groups is 1. The van der Waals surface area contributed by atoms with Crippen LogP contribution < -0.4 is 0 Å². The fraction of sp³-hybridized carbons (Fsp3) is 0.208. The van der Waals surface area contributed by atoms with E-state index in [0.29, 0.717) is 18.0 Å². The minimum atomic E-state index is -0.938. The standard InChI is InChI=1S/C24H21N3O2/c28-24(29)20-14-21(18-7-8-18)25-26-22(20)13-17-6-9-23-19(12-17)10-11-27(23)15-16-4-2-1-3-5-16/h1-6,9-12,14,18H,7-8,13,15H2,(H,28,29). The highest BCUT2D eigenvalue weighted by Gasteiger charge is 2.27. The minimum absolute atomic E-state index is 0.267. The second-order valence-electron chi connectivity index (χ2n) is 7.71. The Kier molecular flexibility index (Phi) is 4.35. The Morgan fingerprint density at radius 3 is 2.59 bits per heavy atom. The van der Waals surface area contributed by atoms with Gasteiger partial charge in [0.15, 0.2) is 0 Å². The van der Waals surface area contributed by atoms with Crippen LogP contribution in [0.3, 0.4) is 0 Å². The van der Waals surface area contributed by atoms with Crippen molar-refractivity contribution in [2.24, 2.45) is 0 Å². The lowest BCUT2D eigenvalue weighted by Crippen LogP contribution is -2.09. The zero-order chi connectivity index (χ0) is 19.8. The Balaban J connectivity index is 1.42. The first-order chi connectivity index (χ1) is 14.2. The van der Waals surface area contributed by atoms with Crippen molar-refractivity contribution < 1.29 is 9.90 Å². The number of benzene rings is 2. The monoisotopic (exact) mass is 383 g/mol. The highest BCUT2D eigenvalue weighted by Crippen LogP contribution is 2.39. The third kappa shape index (κ3) is 3.63. The van der Waals surface area contributed by atoms with Gasteiger partial charge in [-0.1, -0.05) is 36.4 Å². The maximum Gasteiger partial charge on any atom is 0.337 e. The van der Waals surface area contributed by atoms with Crippen LogP contribution in [-0.4, -0.2) is 25.8 Å². The van der Waals surface area contributed by atoms with E-state index in [9.17, 15) is 9.90 Å². The molecule has 5 heteroatoms. The molecule has 1 fully saturated rings. The van der Waals surface area contributed by atoms with Crippen molar-refractivity contribution in [2.45, 2.75) is 31.7 Å². The molecule has 0 atom stereocenters. The van der Waals surface area contributed by atoms with Gasteiger partial charge in [-0.05, 0) is 53.6 Å². The Morgan fingerprint density at radius 1 is 1.00 bits per heavy atom. The van der Waals surface area contributed by atoms with E-state index in [1.165, 1.54) is 5.56 Å². The van der Waals surface area contributed by atoms with Gasteiger partial charge in [-0.3, -0.25) is 0 Å². The van der Waals surface area contributed by atoms with E-state index >= 15 is 0 Å². The maximum absolute atomic E-state index is 11.7. The maximum atomic E-state index is 11.7. The van der Waals surface area contributed by atoms with Crippen molar-refractivity contribution >= 4 is 16.9 Å². The molecule has 1 N–H and O–H groups in total. The number of hydrogen-bond acceptors (Lipinski definition) is 3. The molecule has 144 valence electrons. The molecule has 1 aliphatic rings. The molecule has 0 aliphatic heterocycles. The second kappa shape index (κ2) is 7.17. The van der Waals surface area contributed by atoms with Crippen LogP contribution in [0.1, 0.15) is 51.6 Å². The van der Waals surface area contributed by atoms with Crippen molar-refractivity contribution in [3.63, 3.8) is 0 Å². The van der Waals surface area contributed by atoms with Crippen molar-refractivity contribution in [3.05, 3.63) is 94.9 Å². The largest absolute Gasteiger partial charge is 0.478 e. The number of aromatic carboxylic acids is 1. The molecular weight excluding hydrogens is 362 g/mol. The Bertz CT molecular complexity index is 1190. The second-order valence-corrected chi connectivity index (χ2v) is 7.71.